The molecular formula is C11H13NO5. The molecule has 0 spiro atoms. The summed E-state index contributed by atoms with van der Waals surface area (Å²) in [5.74, 6) is 0.496. The first-order valence-electron chi connectivity index (χ1n) is 4.70. The van der Waals surface area contributed by atoms with E-state index in [1.807, 2.05) is 0 Å². The van der Waals surface area contributed by atoms with Crippen molar-refractivity contribution in [2.24, 2.45) is 5.16 Å². The third kappa shape index (κ3) is 2.47. The average molecular weight is 239 g/mol. The van der Waals surface area contributed by atoms with E-state index in [-0.39, 0.29) is 11.3 Å². The Morgan fingerprint density at radius 2 is 1.82 bits per heavy atom. The second-order valence-corrected chi connectivity index (χ2v) is 2.99. The first-order chi connectivity index (χ1) is 8.19. The molecular weight excluding hydrogens is 226 g/mol. The maximum atomic E-state index is 11.6. The molecule has 0 aliphatic heterocycles. The van der Waals surface area contributed by atoms with E-state index < -0.39 is 5.78 Å². The summed E-state index contributed by atoms with van der Waals surface area (Å²) in [6.45, 7) is 0. The molecule has 0 amide bonds. The Bertz CT molecular complexity index is 442. The van der Waals surface area contributed by atoms with Crippen LogP contribution in [0.2, 0.25) is 0 Å². The number of hydrogen-bond acceptors (Lipinski definition) is 6. The molecule has 1 N–H and O–H groups in total. The Morgan fingerprint density at radius 1 is 1.18 bits per heavy atom. The molecule has 0 bridgehead atoms. The second kappa shape index (κ2) is 5.74. The maximum Gasteiger partial charge on any atom is 0.211 e. The van der Waals surface area contributed by atoms with Crippen molar-refractivity contribution in [3.8, 4) is 17.2 Å². The van der Waals surface area contributed by atoms with Crippen LogP contribution >= 0.6 is 0 Å². The van der Waals surface area contributed by atoms with Gasteiger partial charge in [0.1, 0.15) is 6.21 Å². The molecule has 0 fully saturated rings. The fraction of sp³-hybridized carbons (Fsp3) is 0.273. The largest absolute Gasteiger partial charge is 0.493 e. The third-order valence-corrected chi connectivity index (χ3v) is 2.14. The predicted octanol–water partition coefficient (Wildman–Crippen LogP) is 1.36. The molecule has 0 unspecified atom stereocenters. The molecule has 0 radical (unpaired) electrons. The monoisotopic (exact) mass is 239 g/mol. The van der Waals surface area contributed by atoms with Crippen LogP contribution in [0.4, 0.5) is 0 Å². The minimum absolute atomic E-state index is 0.225. The number of rotatable bonds is 5. The minimum Gasteiger partial charge on any atom is -0.493 e. The van der Waals surface area contributed by atoms with E-state index in [2.05, 4.69) is 5.16 Å². The van der Waals surface area contributed by atoms with Crippen LogP contribution in [0.15, 0.2) is 17.3 Å². The van der Waals surface area contributed by atoms with Gasteiger partial charge in [-0.15, -0.1) is 0 Å². The zero-order valence-electron chi connectivity index (χ0n) is 9.76. The Balaban J connectivity index is 3.37. The van der Waals surface area contributed by atoms with Gasteiger partial charge in [0.05, 0.1) is 26.9 Å². The number of hydrogen-bond donors (Lipinski definition) is 1. The van der Waals surface area contributed by atoms with Crippen molar-refractivity contribution < 1.29 is 24.2 Å². The standard InChI is InChI=1S/C11H13NO5/c1-15-9-5-4-7(8(13)6-12-14)10(16-2)11(9)17-3/h4-6,14H,1-3H3. The van der Waals surface area contributed by atoms with Gasteiger partial charge in [0.25, 0.3) is 0 Å². The van der Waals surface area contributed by atoms with Gasteiger partial charge in [0, 0.05) is 0 Å². The fourth-order valence-electron chi connectivity index (χ4n) is 1.42. The lowest BCUT2D eigenvalue weighted by Crippen LogP contribution is -2.05. The molecule has 92 valence electrons. The normalized spacial score (nSPS) is 10.3. The summed E-state index contributed by atoms with van der Waals surface area (Å²) < 4.78 is 15.3. The van der Waals surface area contributed by atoms with Crippen molar-refractivity contribution in [1.29, 1.82) is 0 Å². The van der Waals surface area contributed by atoms with Crippen LogP contribution < -0.4 is 14.2 Å². The van der Waals surface area contributed by atoms with Crippen LogP contribution in [-0.2, 0) is 0 Å². The van der Waals surface area contributed by atoms with Crippen LogP contribution in [0.25, 0.3) is 0 Å². The highest BCUT2D eigenvalue weighted by molar-refractivity contribution is 6.36. The van der Waals surface area contributed by atoms with Crippen LogP contribution in [-0.4, -0.2) is 38.5 Å². The lowest BCUT2D eigenvalue weighted by atomic mass is 10.1. The van der Waals surface area contributed by atoms with Gasteiger partial charge in [-0.2, -0.15) is 0 Å². The first kappa shape index (κ1) is 12.8. The van der Waals surface area contributed by atoms with E-state index in [1.165, 1.54) is 27.4 Å². The summed E-state index contributed by atoms with van der Waals surface area (Å²) in [5.41, 5.74) is 0.225. The SMILES string of the molecule is COc1ccc(C(=O)C=NO)c(OC)c1OC. The lowest BCUT2D eigenvalue weighted by molar-refractivity contribution is 0.106. The number of oxime groups is 1. The molecule has 1 aromatic carbocycles. The summed E-state index contributed by atoms with van der Waals surface area (Å²) in [7, 11) is 4.33. The number of ketones is 1. The number of Topliss-reactive ketones (excluding diaryl/α,β-unsaturated/α-hetero) is 1. The minimum atomic E-state index is -0.495. The quantitative estimate of drug-likeness (QED) is 0.363. The molecule has 6 heteroatoms. The summed E-state index contributed by atoms with van der Waals surface area (Å²) in [5, 5.41) is 11.0. The lowest BCUT2D eigenvalue weighted by Gasteiger charge is -2.13. The van der Waals surface area contributed by atoms with E-state index in [4.69, 9.17) is 19.4 Å². The molecule has 0 heterocycles. The van der Waals surface area contributed by atoms with Crippen molar-refractivity contribution in [2.45, 2.75) is 0 Å². The molecule has 6 nitrogen and oxygen atoms in total. The summed E-state index contributed by atoms with van der Waals surface area (Å²) in [4.78, 5) is 11.6. The molecule has 1 rings (SSSR count). The van der Waals surface area contributed by atoms with Crippen LogP contribution in [0.1, 0.15) is 10.4 Å². The Hall–Kier alpha value is -2.24. The van der Waals surface area contributed by atoms with Gasteiger partial charge in [-0.25, -0.2) is 0 Å². The Morgan fingerprint density at radius 3 is 2.29 bits per heavy atom. The molecule has 0 saturated carbocycles. The number of benzene rings is 1. The van der Waals surface area contributed by atoms with Crippen molar-refractivity contribution in [2.75, 3.05) is 21.3 Å². The number of carbonyl (C=O) groups is 1. The first-order valence-corrected chi connectivity index (χ1v) is 4.70. The molecule has 1 aromatic rings. The molecule has 0 aliphatic carbocycles. The van der Waals surface area contributed by atoms with Crippen molar-refractivity contribution in [1.82, 2.24) is 0 Å². The van der Waals surface area contributed by atoms with Crippen molar-refractivity contribution >= 4 is 12.0 Å². The van der Waals surface area contributed by atoms with Crippen LogP contribution in [0.3, 0.4) is 0 Å². The Kier molecular flexibility index (Phi) is 4.33. The van der Waals surface area contributed by atoms with Gasteiger partial charge in [0.2, 0.25) is 11.5 Å². The maximum absolute atomic E-state index is 11.6. The molecule has 0 saturated heterocycles. The van der Waals surface area contributed by atoms with E-state index >= 15 is 0 Å². The smallest absolute Gasteiger partial charge is 0.211 e. The van der Waals surface area contributed by atoms with E-state index in [0.717, 1.165) is 6.21 Å². The zero-order chi connectivity index (χ0) is 12.8. The van der Waals surface area contributed by atoms with Gasteiger partial charge >= 0.3 is 0 Å². The Labute approximate surface area is 98.4 Å². The van der Waals surface area contributed by atoms with E-state index in [9.17, 15) is 4.79 Å². The molecule has 0 atom stereocenters. The van der Waals surface area contributed by atoms with E-state index in [0.29, 0.717) is 11.5 Å². The van der Waals surface area contributed by atoms with Crippen molar-refractivity contribution in [3.63, 3.8) is 0 Å². The number of methoxy groups -OCH3 is 3. The van der Waals surface area contributed by atoms with Crippen LogP contribution in [0.5, 0.6) is 17.2 Å². The average Bonchev–Trinajstić information content (AvgIpc) is 2.36. The summed E-state index contributed by atoms with van der Waals surface area (Å²) in [6.07, 6.45) is 0.782. The molecule has 0 aliphatic rings. The summed E-state index contributed by atoms with van der Waals surface area (Å²) >= 11 is 0. The van der Waals surface area contributed by atoms with Gasteiger partial charge in [-0.05, 0) is 12.1 Å². The molecule has 17 heavy (non-hydrogen) atoms. The fourth-order valence-corrected chi connectivity index (χ4v) is 1.42. The zero-order valence-corrected chi connectivity index (χ0v) is 9.76. The van der Waals surface area contributed by atoms with Crippen molar-refractivity contribution in [3.05, 3.63) is 17.7 Å². The van der Waals surface area contributed by atoms with Gasteiger partial charge < -0.3 is 19.4 Å². The second-order valence-electron chi connectivity index (χ2n) is 2.99. The van der Waals surface area contributed by atoms with E-state index in [1.54, 1.807) is 6.07 Å². The van der Waals surface area contributed by atoms with Gasteiger partial charge in [-0.1, -0.05) is 5.16 Å². The highest BCUT2D eigenvalue weighted by atomic mass is 16.5. The molecule has 0 aromatic heterocycles. The van der Waals surface area contributed by atoms with Gasteiger partial charge in [0.15, 0.2) is 11.5 Å². The van der Waals surface area contributed by atoms with Crippen LogP contribution in [0, 0.1) is 0 Å². The number of ether oxygens (including phenoxy) is 3. The topological polar surface area (TPSA) is 77.4 Å². The third-order valence-electron chi connectivity index (χ3n) is 2.14. The van der Waals surface area contributed by atoms with Gasteiger partial charge in [-0.3, -0.25) is 4.79 Å². The predicted molar refractivity (Wildman–Crippen MR) is 60.7 cm³/mol. The highest BCUT2D eigenvalue weighted by Crippen LogP contribution is 2.39. The highest BCUT2D eigenvalue weighted by Gasteiger charge is 2.19. The summed E-state index contributed by atoms with van der Waals surface area (Å²) in [6, 6.07) is 3.07. The number of nitrogens with zero attached hydrogens (tertiary/aromatic N) is 1. The number of carbonyl (C=O) groups excluding carboxylic acids is 1.